The highest BCUT2D eigenvalue weighted by molar-refractivity contribution is 5.77. The number of ether oxygens (including phenoxy) is 1. The minimum Gasteiger partial charge on any atom is -0.489 e. The summed E-state index contributed by atoms with van der Waals surface area (Å²) in [6.07, 6.45) is 6.97. The average molecular weight is 303 g/mol. The summed E-state index contributed by atoms with van der Waals surface area (Å²) in [7, 11) is 0. The number of rotatable bonds is 4. The van der Waals surface area contributed by atoms with Crippen molar-refractivity contribution in [2.24, 2.45) is 0 Å². The number of fused-ring (bicyclic) bond motifs is 1. The number of nitrogens with zero attached hydrogens (tertiary/aromatic N) is 3. The summed E-state index contributed by atoms with van der Waals surface area (Å²) in [5, 5.41) is 0. The van der Waals surface area contributed by atoms with E-state index in [0.717, 1.165) is 28.0 Å². The maximum absolute atomic E-state index is 5.78. The molecule has 0 aliphatic carbocycles. The van der Waals surface area contributed by atoms with Gasteiger partial charge in [-0.25, -0.2) is 4.98 Å². The van der Waals surface area contributed by atoms with Gasteiger partial charge in [0.15, 0.2) is 5.58 Å². The molecule has 1 aromatic carbocycles. The first-order valence-corrected chi connectivity index (χ1v) is 7.21. The second-order valence-electron chi connectivity index (χ2n) is 5.04. The van der Waals surface area contributed by atoms with E-state index >= 15 is 0 Å². The van der Waals surface area contributed by atoms with Crippen molar-refractivity contribution in [1.29, 1.82) is 0 Å². The molecule has 3 heterocycles. The van der Waals surface area contributed by atoms with E-state index in [1.807, 2.05) is 42.5 Å². The summed E-state index contributed by atoms with van der Waals surface area (Å²) in [5.74, 6) is 1.30. The Morgan fingerprint density at radius 2 is 1.83 bits per heavy atom. The van der Waals surface area contributed by atoms with Gasteiger partial charge in [0, 0.05) is 36.4 Å². The Morgan fingerprint density at radius 1 is 0.957 bits per heavy atom. The van der Waals surface area contributed by atoms with Crippen LogP contribution in [0, 0.1) is 0 Å². The molecule has 5 heteroatoms. The second-order valence-corrected chi connectivity index (χ2v) is 5.04. The fraction of sp³-hybridized carbons (Fsp3) is 0.0556. The molecule has 0 aliphatic rings. The van der Waals surface area contributed by atoms with E-state index in [1.165, 1.54) is 0 Å². The maximum Gasteiger partial charge on any atom is 0.228 e. The van der Waals surface area contributed by atoms with Gasteiger partial charge in [0.1, 0.15) is 17.9 Å². The average Bonchev–Trinajstić information content (AvgIpc) is 3.05. The quantitative estimate of drug-likeness (QED) is 0.573. The van der Waals surface area contributed by atoms with Gasteiger partial charge in [-0.2, -0.15) is 0 Å². The number of benzene rings is 1. The lowest BCUT2D eigenvalue weighted by molar-refractivity contribution is 0.306. The topological polar surface area (TPSA) is 61.0 Å². The van der Waals surface area contributed by atoms with Crippen LogP contribution in [0.25, 0.3) is 22.6 Å². The predicted octanol–water partition coefficient (Wildman–Crippen LogP) is 3.86. The van der Waals surface area contributed by atoms with Crippen LogP contribution in [0.5, 0.6) is 5.75 Å². The summed E-state index contributed by atoms with van der Waals surface area (Å²) in [5.41, 5.74) is 3.34. The van der Waals surface area contributed by atoms with Gasteiger partial charge in [0.2, 0.25) is 5.89 Å². The van der Waals surface area contributed by atoms with E-state index in [4.69, 9.17) is 9.15 Å². The highest BCUT2D eigenvalue weighted by Gasteiger charge is 2.09. The smallest absolute Gasteiger partial charge is 0.228 e. The van der Waals surface area contributed by atoms with Crippen molar-refractivity contribution in [3.8, 4) is 17.2 Å². The third kappa shape index (κ3) is 2.89. The Balaban J connectivity index is 1.58. The van der Waals surface area contributed by atoms with Crippen LogP contribution in [-0.4, -0.2) is 15.0 Å². The molecule has 112 valence electrons. The molecule has 0 unspecified atom stereocenters. The molecular formula is C18H13N3O2. The minimum absolute atomic E-state index is 0.465. The molecule has 0 saturated heterocycles. The molecule has 0 spiro atoms. The first-order valence-electron chi connectivity index (χ1n) is 7.21. The molecular weight excluding hydrogens is 290 g/mol. The predicted molar refractivity (Wildman–Crippen MR) is 85.8 cm³/mol. The standard InChI is InChI=1S/C18H13N3O2/c1-3-13(10-19-7-1)12-22-15-5-6-17-16(9-15)21-18(23-17)14-4-2-8-20-11-14/h1-11H,12H2. The third-order valence-corrected chi connectivity index (χ3v) is 3.40. The van der Waals surface area contributed by atoms with E-state index < -0.39 is 0 Å². The second kappa shape index (κ2) is 5.88. The summed E-state index contributed by atoms with van der Waals surface area (Å²) < 4.78 is 11.5. The molecule has 3 aromatic heterocycles. The van der Waals surface area contributed by atoms with Gasteiger partial charge in [0.25, 0.3) is 0 Å². The van der Waals surface area contributed by atoms with Crippen LogP contribution in [0.1, 0.15) is 5.56 Å². The van der Waals surface area contributed by atoms with Gasteiger partial charge in [-0.3, -0.25) is 9.97 Å². The Morgan fingerprint density at radius 3 is 2.61 bits per heavy atom. The van der Waals surface area contributed by atoms with Crippen molar-refractivity contribution in [3.63, 3.8) is 0 Å². The normalized spacial score (nSPS) is 10.8. The van der Waals surface area contributed by atoms with Crippen molar-refractivity contribution < 1.29 is 9.15 Å². The number of oxazole rings is 1. The van der Waals surface area contributed by atoms with E-state index in [1.54, 1.807) is 24.8 Å². The molecule has 23 heavy (non-hydrogen) atoms. The van der Waals surface area contributed by atoms with Gasteiger partial charge < -0.3 is 9.15 Å². The van der Waals surface area contributed by atoms with E-state index in [9.17, 15) is 0 Å². The van der Waals surface area contributed by atoms with Crippen molar-refractivity contribution in [2.45, 2.75) is 6.61 Å². The van der Waals surface area contributed by atoms with Crippen molar-refractivity contribution in [2.75, 3.05) is 0 Å². The Labute approximate surface area is 132 Å². The fourth-order valence-electron chi connectivity index (χ4n) is 2.26. The van der Waals surface area contributed by atoms with E-state index in [2.05, 4.69) is 15.0 Å². The van der Waals surface area contributed by atoms with Crippen LogP contribution in [-0.2, 0) is 6.61 Å². The van der Waals surface area contributed by atoms with Gasteiger partial charge >= 0.3 is 0 Å². The van der Waals surface area contributed by atoms with Crippen LogP contribution >= 0.6 is 0 Å². The molecule has 4 rings (SSSR count). The summed E-state index contributed by atoms with van der Waals surface area (Å²) in [4.78, 5) is 12.7. The van der Waals surface area contributed by atoms with Gasteiger partial charge in [-0.05, 0) is 30.3 Å². The molecule has 4 aromatic rings. The highest BCUT2D eigenvalue weighted by Crippen LogP contribution is 2.26. The zero-order chi connectivity index (χ0) is 15.5. The zero-order valence-corrected chi connectivity index (χ0v) is 12.2. The first kappa shape index (κ1) is 13.5. The summed E-state index contributed by atoms with van der Waals surface area (Å²) in [6.45, 7) is 0.465. The van der Waals surface area contributed by atoms with Crippen molar-refractivity contribution in [3.05, 3.63) is 72.8 Å². The van der Waals surface area contributed by atoms with Crippen LogP contribution < -0.4 is 4.74 Å². The highest BCUT2D eigenvalue weighted by atomic mass is 16.5. The molecule has 0 bridgehead atoms. The van der Waals surface area contributed by atoms with Crippen LogP contribution in [0.15, 0.2) is 71.7 Å². The monoisotopic (exact) mass is 303 g/mol. The summed E-state index contributed by atoms with van der Waals surface area (Å²) >= 11 is 0. The fourth-order valence-corrected chi connectivity index (χ4v) is 2.26. The number of pyridine rings is 2. The lowest BCUT2D eigenvalue weighted by Gasteiger charge is -2.05. The first-order chi connectivity index (χ1) is 11.4. The van der Waals surface area contributed by atoms with Crippen LogP contribution in [0.2, 0.25) is 0 Å². The molecule has 0 saturated carbocycles. The van der Waals surface area contributed by atoms with E-state index in [-0.39, 0.29) is 0 Å². The Bertz CT molecular complexity index is 921. The lowest BCUT2D eigenvalue weighted by atomic mass is 10.3. The molecule has 5 nitrogen and oxygen atoms in total. The van der Waals surface area contributed by atoms with E-state index in [0.29, 0.717) is 12.5 Å². The molecule has 0 amide bonds. The molecule has 0 aliphatic heterocycles. The minimum atomic E-state index is 0.465. The maximum atomic E-state index is 5.78. The molecule has 0 fully saturated rings. The molecule has 0 N–H and O–H groups in total. The van der Waals surface area contributed by atoms with Crippen molar-refractivity contribution in [1.82, 2.24) is 15.0 Å². The van der Waals surface area contributed by atoms with Crippen molar-refractivity contribution >= 4 is 11.1 Å². The van der Waals surface area contributed by atoms with Gasteiger partial charge in [0.05, 0.1) is 5.56 Å². The largest absolute Gasteiger partial charge is 0.489 e. The SMILES string of the molecule is c1cncc(COc2ccc3oc(-c4cccnc4)nc3c2)c1. The molecule has 0 radical (unpaired) electrons. The third-order valence-electron chi connectivity index (χ3n) is 3.40. The van der Waals surface area contributed by atoms with Gasteiger partial charge in [-0.15, -0.1) is 0 Å². The zero-order valence-electron chi connectivity index (χ0n) is 12.2. The van der Waals surface area contributed by atoms with Crippen LogP contribution in [0.4, 0.5) is 0 Å². The molecule has 0 atom stereocenters. The lowest BCUT2D eigenvalue weighted by Crippen LogP contribution is -1.95. The number of hydrogen-bond acceptors (Lipinski definition) is 5. The number of aromatic nitrogens is 3. The van der Waals surface area contributed by atoms with Crippen LogP contribution in [0.3, 0.4) is 0 Å². The Kier molecular flexibility index (Phi) is 3.44. The number of hydrogen-bond donors (Lipinski definition) is 0. The summed E-state index contributed by atoms with van der Waals surface area (Å²) in [6, 6.07) is 13.2. The van der Waals surface area contributed by atoms with Gasteiger partial charge in [-0.1, -0.05) is 6.07 Å². The Hall–Kier alpha value is -3.21.